The molecule has 102 valence electrons. The van der Waals surface area contributed by atoms with Crippen molar-refractivity contribution in [3.05, 3.63) is 47.5 Å². The predicted molar refractivity (Wildman–Crippen MR) is 76.5 cm³/mol. The number of aromatic amines is 1. The highest BCUT2D eigenvalue weighted by atomic mass is 16.5. The second-order valence-corrected chi connectivity index (χ2v) is 4.61. The Kier molecular flexibility index (Phi) is 4.58. The highest BCUT2D eigenvalue weighted by Gasteiger charge is 2.19. The molecule has 1 atom stereocenters. The lowest BCUT2D eigenvalue weighted by Gasteiger charge is -2.20. The van der Waals surface area contributed by atoms with Crippen LogP contribution in [-0.2, 0) is 0 Å². The maximum Gasteiger partial charge on any atom is 0.127 e. The molecule has 1 aromatic heterocycles. The minimum Gasteiger partial charge on any atom is -0.496 e. The second kappa shape index (κ2) is 6.38. The number of hydrogen-bond acceptors (Lipinski definition) is 3. The molecule has 0 aliphatic carbocycles. The minimum absolute atomic E-state index is 0.0322. The van der Waals surface area contributed by atoms with Gasteiger partial charge in [0.2, 0.25) is 0 Å². The first kappa shape index (κ1) is 13.6. The van der Waals surface area contributed by atoms with Gasteiger partial charge >= 0.3 is 0 Å². The summed E-state index contributed by atoms with van der Waals surface area (Å²) in [6, 6.07) is 6.24. The average Bonchev–Trinajstić information content (AvgIpc) is 2.93. The quantitative estimate of drug-likeness (QED) is 0.838. The Morgan fingerprint density at radius 3 is 2.89 bits per heavy atom. The standard InChI is InChI=1S/C15H21N3O/c1-4-7-16-14(15-17-8-9-18-15)12-10-11(2)5-6-13(12)19-3/h5-6,8-10,14,16H,4,7H2,1-3H3,(H,17,18). The van der Waals surface area contributed by atoms with Crippen LogP contribution < -0.4 is 10.1 Å². The lowest BCUT2D eigenvalue weighted by molar-refractivity contribution is 0.402. The van der Waals surface area contributed by atoms with Gasteiger partial charge in [0.05, 0.1) is 13.2 Å². The highest BCUT2D eigenvalue weighted by molar-refractivity contribution is 5.41. The fourth-order valence-corrected chi connectivity index (χ4v) is 2.16. The lowest BCUT2D eigenvalue weighted by Crippen LogP contribution is -2.24. The van der Waals surface area contributed by atoms with Crippen LogP contribution in [0.2, 0.25) is 0 Å². The van der Waals surface area contributed by atoms with E-state index in [9.17, 15) is 0 Å². The zero-order valence-electron chi connectivity index (χ0n) is 11.7. The van der Waals surface area contributed by atoms with E-state index in [1.165, 1.54) is 5.56 Å². The van der Waals surface area contributed by atoms with Crippen molar-refractivity contribution in [1.29, 1.82) is 0 Å². The van der Waals surface area contributed by atoms with E-state index in [1.54, 1.807) is 13.3 Å². The van der Waals surface area contributed by atoms with Crippen LogP contribution in [0.1, 0.15) is 36.3 Å². The molecule has 4 heteroatoms. The Labute approximate surface area is 114 Å². The Morgan fingerprint density at radius 2 is 2.26 bits per heavy atom. The molecule has 2 rings (SSSR count). The normalized spacial score (nSPS) is 12.4. The van der Waals surface area contributed by atoms with Gasteiger partial charge in [-0.05, 0) is 26.0 Å². The van der Waals surface area contributed by atoms with E-state index >= 15 is 0 Å². The summed E-state index contributed by atoms with van der Waals surface area (Å²) < 4.78 is 5.48. The summed E-state index contributed by atoms with van der Waals surface area (Å²) in [5.74, 6) is 1.80. The first-order chi connectivity index (χ1) is 9.26. The van der Waals surface area contributed by atoms with Gasteiger partial charge in [0.15, 0.2) is 0 Å². The molecule has 0 aliphatic rings. The van der Waals surface area contributed by atoms with Gasteiger partial charge in [-0.1, -0.05) is 24.6 Å². The van der Waals surface area contributed by atoms with E-state index < -0.39 is 0 Å². The predicted octanol–water partition coefficient (Wildman–Crippen LogP) is 2.82. The fourth-order valence-electron chi connectivity index (χ4n) is 2.16. The van der Waals surface area contributed by atoms with Gasteiger partial charge in [-0.2, -0.15) is 0 Å². The van der Waals surface area contributed by atoms with Crippen LogP contribution in [0.15, 0.2) is 30.6 Å². The van der Waals surface area contributed by atoms with Crippen LogP contribution in [0.4, 0.5) is 0 Å². The topological polar surface area (TPSA) is 49.9 Å². The van der Waals surface area contributed by atoms with Crippen LogP contribution in [0.3, 0.4) is 0 Å². The first-order valence-corrected chi connectivity index (χ1v) is 6.63. The maximum atomic E-state index is 5.48. The number of imidazole rings is 1. The molecule has 4 nitrogen and oxygen atoms in total. The van der Waals surface area contributed by atoms with Crippen molar-refractivity contribution in [3.63, 3.8) is 0 Å². The number of benzene rings is 1. The Bertz CT molecular complexity index is 508. The van der Waals surface area contributed by atoms with Crippen LogP contribution in [0.5, 0.6) is 5.75 Å². The van der Waals surface area contributed by atoms with Crippen molar-refractivity contribution < 1.29 is 4.74 Å². The largest absolute Gasteiger partial charge is 0.496 e. The number of H-pyrrole nitrogens is 1. The molecular formula is C15H21N3O. The molecule has 0 radical (unpaired) electrons. The van der Waals surface area contributed by atoms with E-state index in [1.807, 2.05) is 12.3 Å². The van der Waals surface area contributed by atoms with Crippen molar-refractivity contribution in [2.45, 2.75) is 26.3 Å². The average molecular weight is 259 g/mol. The van der Waals surface area contributed by atoms with Crippen molar-refractivity contribution in [3.8, 4) is 5.75 Å². The Morgan fingerprint density at radius 1 is 1.42 bits per heavy atom. The number of aryl methyl sites for hydroxylation is 1. The van der Waals surface area contributed by atoms with E-state index in [4.69, 9.17) is 4.74 Å². The first-order valence-electron chi connectivity index (χ1n) is 6.63. The highest BCUT2D eigenvalue weighted by Crippen LogP contribution is 2.29. The number of methoxy groups -OCH3 is 1. The number of hydrogen-bond donors (Lipinski definition) is 2. The number of nitrogens with one attached hydrogen (secondary N) is 2. The maximum absolute atomic E-state index is 5.48. The molecule has 2 N–H and O–H groups in total. The minimum atomic E-state index is 0.0322. The molecule has 0 bridgehead atoms. The van der Waals surface area contributed by atoms with Crippen molar-refractivity contribution >= 4 is 0 Å². The molecule has 0 saturated heterocycles. The number of rotatable bonds is 6. The summed E-state index contributed by atoms with van der Waals surface area (Å²) in [6.07, 6.45) is 4.70. The molecule has 1 unspecified atom stereocenters. The molecule has 1 heterocycles. The van der Waals surface area contributed by atoms with Crippen LogP contribution in [0, 0.1) is 6.92 Å². The second-order valence-electron chi connectivity index (χ2n) is 4.61. The monoisotopic (exact) mass is 259 g/mol. The van der Waals surface area contributed by atoms with Gasteiger partial charge in [0.1, 0.15) is 11.6 Å². The van der Waals surface area contributed by atoms with Crippen LogP contribution in [-0.4, -0.2) is 23.6 Å². The zero-order valence-corrected chi connectivity index (χ0v) is 11.7. The summed E-state index contributed by atoms with van der Waals surface area (Å²) in [5, 5.41) is 3.52. The van der Waals surface area contributed by atoms with Gasteiger partial charge in [-0.15, -0.1) is 0 Å². The summed E-state index contributed by atoms with van der Waals surface area (Å²) in [7, 11) is 1.70. The molecule has 0 fully saturated rings. The third-order valence-corrected chi connectivity index (χ3v) is 3.09. The van der Waals surface area contributed by atoms with E-state index in [2.05, 4.69) is 41.3 Å². The molecule has 0 aliphatic heterocycles. The van der Waals surface area contributed by atoms with Crippen LogP contribution in [0.25, 0.3) is 0 Å². The molecule has 0 saturated carbocycles. The number of ether oxygens (including phenoxy) is 1. The molecule has 19 heavy (non-hydrogen) atoms. The van der Waals surface area contributed by atoms with Crippen molar-refractivity contribution in [1.82, 2.24) is 15.3 Å². The number of nitrogens with zero attached hydrogens (tertiary/aromatic N) is 1. The summed E-state index contributed by atoms with van der Waals surface area (Å²) in [4.78, 5) is 7.56. The van der Waals surface area contributed by atoms with E-state index in [0.717, 1.165) is 30.1 Å². The fraction of sp³-hybridized carbons (Fsp3) is 0.400. The molecule has 0 spiro atoms. The molecular weight excluding hydrogens is 238 g/mol. The van der Waals surface area contributed by atoms with Gasteiger partial charge in [-0.25, -0.2) is 4.98 Å². The van der Waals surface area contributed by atoms with Crippen molar-refractivity contribution in [2.75, 3.05) is 13.7 Å². The zero-order chi connectivity index (χ0) is 13.7. The Hall–Kier alpha value is -1.81. The van der Waals surface area contributed by atoms with Gasteiger partial charge in [0.25, 0.3) is 0 Å². The van der Waals surface area contributed by atoms with E-state index in [-0.39, 0.29) is 6.04 Å². The SMILES string of the molecule is CCCNC(c1ncc[nH]1)c1cc(C)ccc1OC. The van der Waals surface area contributed by atoms with Crippen LogP contribution >= 0.6 is 0 Å². The lowest BCUT2D eigenvalue weighted by atomic mass is 10.0. The van der Waals surface area contributed by atoms with E-state index in [0.29, 0.717) is 0 Å². The summed E-state index contributed by atoms with van der Waals surface area (Å²) >= 11 is 0. The summed E-state index contributed by atoms with van der Waals surface area (Å²) in [6.45, 7) is 5.17. The molecule has 0 amide bonds. The third-order valence-electron chi connectivity index (χ3n) is 3.09. The smallest absolute Gasteiger partial charge is 0.127 e. The number of aromatic nitrogens is 2. The van der Waals surface area contributed by atoms with Crippen molar-refractivity contribution in [2.24, 2.45) is 0 Å². The van der Waals surface area contributed by atoms with Gasteiger partial charge in [-0.3, -0.25) is 0 Å². The summed E-state index contributed by atoms with van der Waals surface area (Å²) in [5.41, 5.74) is 2.33. The molecule has 1 aromatic carbocycles. The Balaban J connectivity index is 2.39. The third kappa shape index (κ3) is 3.15. The van der Waals surface area contributed by atoms with Gasteiger partial charge < -0.3 is 15.0 Å². The molecule has 2 aromatic rings. The van der Waals surface area contributed by atoms with Gasteiger partial charge in [0, 0.05) is 18.0 Å².